The Balaban J connectivity index is -0.0000000238. The van der Waals surface area contributed by atoms with Crippen molar-refractivity contribution in [2.24, 2.45) is 0 Å². The third kappa shape index (κ3) is 2290. The molecule has 0 aliphatic heterocycles. The van der Waals surface area contributed by atoms with E-state index in [9.17, 15) is 0 Å². The van der Waals surface area contributed by atoms with Gasteiger partial charge in [0, 0.05) is 52.0 Å². The minimum Gasteiger partial charge on any atom is -0.759 e. The molecule has 0 aromatic heterocycles. The zero-order valence-corrected chi connectivity index (χ0v) is 23.5. The topological polar surface area (TPSA) is 401 Å². The van der Waals surface area contributed by atoms with Gasteiger partial charge in [-0.25, -0.2) is 0 Å². The van der Waals surface area contributed by atoms with Crippen LogP contribution in [0.5, 0.6) is 0 Å². The molecule has 0 aromatic rings. The summed E-state index contributed by atoms with van der Waals surface area (Å²) in [4.78, 5) is 0. The predicted molar refractivity (Wildman–Crippen MR) is 63.9 cm³/mol. The molecule has 0 bridgehead atoms. The molecule has 0 fully saturated rings. The van der Waals surface area contributed by atoms with Gasteiger partial charge in [-0.15, -0.1) is 0 Å². The molecule has 0 radical (unpaired) electrons. The van der Waals surface area contributed by atoms with Crippen LogP contribution in [0.2, 0.25) is 0 Å². The Hall–Kier alpha value is 3.45. The van der Waals surface area contributed by atoms with Gasteiger partial charge >= 0.3 is 123 Å². The summed E-state index contributed by atoms with van der Waals surface area (Å²) in [7, 11) is -25.8. The van der Waals surface area contributed by atoms with E-state index in [-0.39, 0.29) is 123 Å². The minimum absolute atomic E-state index is 0. The maximum Gasteiger partial charge on any atom is 3.00 e. The molecule has 20 nitrogen and oxygen atoms in total. The summed E-state index contributed by atoms with van der Waals surface area (Å²) >= 11 is 0. The van der Waals surface area contributed by atoms with Gasteiger partial charge in [-0.1, -0.05) is 0 Å². The molecule has 0 unspecified atom stereocenters. The van der Waals surface area contributed by atoms with Crippen LogP contribution in [-0.2, 0) is 52.0 Å². The molecular formula is Mg2O20S5Tb2. The van der Waals surface area contributed by atoms with E-state index in [1.54, 1.807) is 0 Å². The molecule has 0 amide bonds. The van der Waals surface area contributed by atoms with E-state index < -0.39 is 52.0 Å². The molecule has 0 aromatic carbocycles. The molecular weight excluding hydrogens is 847 g/mol. The average molecular weight is 847 g/mol. The molecule has 0 aliphatic rings. The van der Waals surface area contributed by atoms with Crippen molar-refractivity contribution in [2.45, 2.75) is 0 Å². The molecule has 0 saturated carbocycles. The molecule has 0 aliphatic carbocycles. The van der Waals surface area contributed by atoms with Crippen LogP contribution >= 0.6 is 0 Å². The van der Waals surface area contributed by atoms with Crippen molar-refractivity contribution in [1.29, 1.82) is 0 Å². The van der Waals surface area contributed by atoms with Crippen LogP contribution in [-0.4, -0.2) is 134 Å². The van der Waals surface area contributed by atoms with Crippen molar-refractivity contribution in [3.63, 3.8) is 0 Å². The quantitative estimate of drug-likeness (QED) is 0.124. The zero-order valence-electron chi connectivity index (χ0n) is 12.3. The van der Waals surface area contributed by atoms with Crippen molar-refractivity contribution in [3.05, 3.63) is 0 Å². The van der Waals surface area contributed by atoms with E-state index in [2.05, 4.69) is 0 Å². The first-order valence-electron chi connectivity index (χ1n) is 3.33. The Morgan fingerprint density at radius 1 is 0.276 bits per heavy atom. The van der Waals surface area contributed by atoms with Gasteiger partial charge in [-0.3, -0.25) is 42.1 Å². The van der Waals surface area contributed by atoms with E-state index in [0.717, 1.165) is 0 Å². The van der Waals surface area contributed by atoms with Crippen molar-refractivity contribution >= 4 is 98.1 Å². The van der Waals surface area contributed by atoms with Gasteiger partial charge in [0.25, 0.3) is 0 Å². The van der Waals surface area contributed by atoms with E-state index in [4.69, 9.17) is 87.6 Å². The fourth-order valence-electron chi connectivity index (χ4n) is 0. The van der Waals surface area contributed by atoms with Gasteiger partial charge in [-0.05, 0) is 0 Å². The first-order valence-corrected chi connectivity index (χ1v) is 10.0. The second-order valence-corrected chi connectivity index (χ2v) is 6.12. The van der Waals surface area contributed by atoms with Crippen molar-refractivity contribution in [2.75, 3.05) is 0 Å². The third-order valence-corrected chi connectivity index (χ3v) is 0. The SMILES string of the molecule is O=S(=O)([O-])[O-].O=S(=O)([O-])[O-].O=S(=O)([O-])[O-].O=S(=O)([O-])[O-].O=S(=O)([O-])[O-].[Mg+2].[Mg+2].[Tb+3].[Tb+3]. The van der Waals surface area contributed by atoms with Gasteiger partial charge in [0.1, 0.15) is 0 Å². The number of hydrogen-bond acceptors (Lipinski definition) is 20. The largest absolute Gasteiger partial charge is 3.00 e. The van der Waals surface area contributed by atoms with E-state index in [1.165, 1.54) is 0 Å². The predicted octanol–water partition coefficient (Wildman–Crippen LogP) is -7.45. The number of rotatable bonds is 0. The maximum absolute atomic E-state index is 8.52. The van der Waals surface area contributed by atoms with Gasteiger partial charge < -0.3 is 45.5 Å². The minimum atomic E-state index is -5.17. The summed E-state index contributed by atoms with van der Waals surface area (Å²) in [6.07, 6.45) is 0. The van der Waals surface area contributed by atoms with Gasteiger partial charge in [0.2, 0.25) is 0 Å². The van der Waals surface area contributed by atoms with Gasteiger partial charge in [0.05, 0.1) is 0 Å². The first kappa shape index (κ1) is 58.4. The third-order valence-electron chi connectivity index (χ3n) is 0. The van der Waals surface area contributed by atoms with E-state index in [1.807, 2.05) is 0 Å². The van der Waals surface area contributed by atoms with Crippen molar-refractivity contribution in [3.8, 4) is 0 Å². The Morgan fingerprint density at radius 2 is 0.276 bits per heavy atom. The Labute approximate surface area is 258 Å². The molecule has 0 atom stereocenters. The van der Waals surface area contributed by atoms with Gasteiger partial charge in [-0.2, -0.15) is 0 Å². The molecule has 0 rings (SSSR count). The van der Waals surface area contributed by atoms with E-state index in [0.29, 0.717) is 0 Å². The number of hydrogen-bond donors (Lipinski definition) is 0. The fourth-order valence-corrected chi connectivity index (χ4v) is 0. The van der Waals surface area contributed by atoms with Crippen LogP contribution in [0.1, 0.15) is 0 Å². The zero-order chi connectivity index (χ0) is 22.5. The average Bonchev–Trinajstić information content (AvgIpc) is 1.79. The summed E-state index contributed by atoms with van der Waals surface area (Å²) in [5, 5.41) is 0. The summed E-state index contributed by atoms with van der Waals surface area (Å²) in [6.45, 7) is 0. The van der Waals surface area contributed by atoms with E-state index >= 15 is 0 Å². The molecule has 172 valence electrons. The van der Waals surface area contributed by atoms with Crippen molar-refractivity contribution in [1.82, 2.24) is 0 Å². The molecule has 0 spiro atoms. The standard InChI is InChI=1S/2Mg.5H2O4S.2Tb/c;;5*1-5(2,3)4;;/h;;5*(H2,1,2,3,4);;/q2*+2;;;;;;2*+3/p-10. The van der Waals surface area contributed by atoms with Crippen LogP contribution in [0, 0.1) is 77.2 Å². The van der Waals surface area contributed by atoms with Crippen LogP contribution in [0.3, 0.4) is 0 Å². The first-order chi connectivity index (χ1) is 10.0. The van der Waals surface area contributed by atoms with Crippen LogP contribution in [0.25, 0.3) is 0 Å². The summed E-state index contributed by atoms with van der Waals surface area (Å²) < 4.78 is 170. The van der Waals surface area contributed by atoms with Crippen LogP contribution in [0.15, 0.2) is 0 Å². The van der Waals surface area contributed by atoms with Crippen LogP contribution in [0.4, 0.5) is 0 Å². The molecule has 29 heteroatoms. The summed E-state index contributed by atoms with van der Waals surface area (Å²) in [5.74, 6) is 0. The molecule has 0 saturated heterocycles. The van der Waals surface area contributed by atoms with Gasteiger partial charge in [0.15, 0.2) is 0 Å². The monoisotopic (exact) mass is 846 g/mol. The van der Waals surface area contributed by atoms with Crippen LogP contribution < -0.4 is 0 Å². The normalized spacial score (nSPS) is 10.0. The Bertz CT molecular complexity index is 629. The molecule has 29 heavy (non-hydrogen) atoms. The maximum atomic E-state index is 8.52. The smallest absolute Gasteiger partial charge is 0.759 e. The fraction of sp³-hybridized carbons (Fsp3) is 0. The summed E-state index contributed by atoms with van der Waals surface area (Å²) in [5.41, 5.74) is 0. The van der Waals surface area contributed by atoms with Crippen molar-refractivity contribution < 1.29 is 165 Å². The Kier molecular flexibility index (Phi) is 52.5. The second-order valence-electron chi connectivity index (χ2n) is 2.04. The summed E-state index contributed by atoms with van der Waals surface area (Å²) in [6, 6.07) is 0. The Morgan fingerprint density at radius 3 is 0.276 bits per heavy atom. The molecule has 0 heterocycles. The second kappa shape index (κ2) is 26.1. The molecule has 0 N–H and O–H groups in total.